The molecule has 0 radical (unpaired) electrons. The number of thiophene rings is 1. The average Bonchev–Trinajstić information content (AvgIpc) is 3.10. The van der Waals surface area contributed by atoms with Crippen LogP contribution in [0.4, 0.5) is 5.69 Å². The third-order valence-electron chi connectivity index (χ3n) is 3.25. The second-order valence-corrected chi connectivity index (χ2v) is 8.06. The number of likely N-dealkylation sites (N-methyl/N-ethyl adjacent to an activating group) is 1. The lowest BCUT2D eigenvalue weighted by molar-refractivity contribution is -0.122. The summed E-state index contributed by atoms with van der Waals surface area (Å²) in [6.45, 7) is 3.87. The van der Waals surface area contributed by atoms with Crippen molar-refractivity contribution >= 4 is 38.9 Å². The number of hydrogen-bond donors (Lipinski definition) is 3. The number of sulfonamides is 1. The molecule has 1 atom stereocenters. The van der Waals surface area contributed by atoms with Gasteiger partial charge in [-0.25, -0.2) is 8.42 Å². The van der Waals surface area contributed by atoms with Gasteiger partial charge in [0.15, 0.2) is 0 Å². The summed E-state index contributed by atoms with van der Waals surface area (Å²) in [5.74, 6) is -0.678. The molecule has 1 aromatic heterocycles. The summed E-state index contributed by atoms with van der Waals surface area (Å²) in [6.07, 6.45) is 0. The highest BCUT2D eigenvalue weighted by atomic mass is 32.2. The van der Waals surface area contributed by atoms with E-state index in [0.29, 0.717) is 17.8 Å². The molecule has 3 N–H and O–H groups in total. The molecular weight excluding hydrogens is 362 g/mol. The third-order valence-corrected chi connectivity index (χ3v) is 6.03. The Hall–Kier alpha value is -2.39. The highest BCUT2D eigenvalue weighted by Crippen LogP contribution is 2.20. The van der Waals surface area contributed by atoms with Gasteiger partial charge in [0.2, 0.25) is 5.91 Å². The molecule has 0 saturated heterocycles. The molecule has 9 heteroatoms. The smallest absolute Gasteiger partial charge is 0.271 e. The van der Waals surface area contributed by atoms with Crippen LogP contribution in [-0.4, -0.2) is 32.8 Å². The third kappa shape index (κ3) is 5.04. The zero-order chi connectivity index (χ0) is 18.4. The van der Waals surface area contributed by atoms with Gasteiger partial charge in [0.1, 0.15) is 10.3 Å². The molecule has 25 heavy (non-hydrogen) atoms. The molecule has 1 heterocycles. The number of benzene rings is 1. The van der Waals surface area contributed by atoms with Gasteiger partial charge in [0, 0.05) is 17.8 Å². The Morgan fingerprint density at radius 2 is 1.84 bits per heavy atom. The molecule has 1 unspecified atom stereocenters. The summed E-state index contributed by atoms with van der Waals surface area (Å²) in [4.78, 5) is 23.8. The van der Waals surface area contributed by atoms with Crippen LogP contribution in [0.15, 0.2) is 46.0 Å². The second-order valence-electron chi connectivity index (χ2n) is 5.20. The summed E-state index contributed by atoms with van der Waals surface area (Å²) >= 11 is 1.12. The van der Waals surface area contributed by atoms with Gasteiger partial charge in [0.05, 0.1) is 0 Å². The van der Waals surface area contributed by atoms with Crippen molar-refractivity contribution in [2.75, 3.05) is 11.3 Å². The lowest BCUT2D eigenvalue weighted by atomic mass is 10.2. The lowest BCUT2D eigenvalue weighted by Crippen LogP contribution is -2.44. The molecule has 0 fully saturated rings. The van der Waals surface area contributed by atoms with Gasteiger partial charge in [-0.15, -0.1) is 11.3 Å². The van der Waals surface area contributed by atoms with Crippen LogP contribution in [0.25, 0.3) is 0 Å². The Morgan fingerprint density at radius 3 is 2.40 bits per heavy atom. The molecule has 2 amide bonds. The van der Waals surface area contributed by atoms with E-state index in [2.05, 4.69) is 15.4 Å². The summed E-state index contributed by atoms with van der Waals surface area (Å²) in [5.41, 5.74) is 0.678. The summed E-state index contributed by atoms with van der Waals surface area (Å²) in [5, 5.41) is 6.88. The van der Waals surface area contributed by atoms with Crippen molar-refractivity contribution in [3.63, 3.8) is 0 Å². The maximum absolute atomic E-state index is 12.1. The minimum absolute atomic E-state index is 0.213. The second kappa shape index (κ2) is 8.13. The van der Waals surface area contributed by atoms with E-state index in [0.717, 1.165) is 11.3 Å². The number of carbonyl (C=O) groups excluding carboxylic acids is 2. The standard InChI is InChI=1S/C16H19N3O4S2/c1-3-17-15(20)11(2)18-16(21)12-6-8-13(9-7-12)19-25(22,23)14-5-4-10-24-14/h4-11,19H,3H2,1-2H3,(H,17,20)(H,18,21). The first kappa shape index (κ1) is 18.9. The SMILES string of the molecule is CCNC(=O)C(C)NC(=O)c1ccc(NS(=O)(=O)c2cccs2)cc1. The summed E-state index contributed by atoms with van der Waals surface area (Å²) in [6, 6.07) is 8.48. The van der Waals surface area contributed by atoms with Crippen molar-refractivity contribution in [1.82, 2.24) is 10.6 Å². The Labute approximate surface area is 150 Å². The van der Waals surface area contributed by atoms with Crippen molar-refractivity contribution in [1.29, 1.82) is 0 Å². The zero-order valence-corrected chi connectivity index (χ0v) is 15.4. The first-order valence-electron chi connectivity index (χ1n) is 7.58. The van der Waals surface area contributed by atoms with Crippen LogP contribution in [0.3, 0.4) is 0 Å². The molecule has 2 aromatic rings. The molecule has 2 rings (SSSR count). The topological polar surface area (TPSA) is 104 Å². The fourth-order valence-electron chi connectivity index (χ4n) is 1.98. The molecule has 0 aliphatic carbocycles. The van der Waals surface area contributed by atoms with Crippen LogP contribution in [0.1, 0.15) is 24.2 Å². The van der Waals surface area contributed by atoms with Gasteiger partial charge in [-0.05, 0) is 49.6 Å². The minimum Gasteiger partial charge on any atom is -0.355 e. The van der Waals surface area contributed by atoms with Crippen LogP contribution in [-0.2, 0) is 14.8 Å². The van der Waals surface area contributed by atoms with E-state index in [1.165, 1.54) is 30.3 Å². The van der Waals surface area contributed by atoms with Crippen LogP contribution in [0.5, 0.6) is 0 Å². The predicted molar refractivity (Wildman–Crippen MR) is 97.2 cm³/mol. The normalized spacial score (nSPS) is 12.2. The highest BCUT2D eigenvalue weighted by molar-refractivity contribution is 7.94. The first-order chi connectivity index (χ1) is 11.8. The van der Waals surface area contributed by atoms with Crippen LogP contribution >= 0.6 is 11.3 Å². The molecule has 0 saturated carbocycles. The van der Waals surface area contributed by atoms with Gasteiger partial charge in [0.25, 0.3) is 15.9 Å². The van der Waals surface area contributed by atoms with E-state index >= 15 is 0 Å². The summed E-state index contributed by atoms with van der Waals surface area (Å²) in [7, 11) is -3.62. The number of carbonyl (C=O) groups is 2. The molecule has 0 aliphatic heterocycles. The Morgan fingerprint density at radius 1 is 1.16 bits per heavy atom. The number of rotatable bonds is 7. The minimum atomic E-state index is -3.62. The maximum Gasteiger partial charge on any atom is 0.271 e. The van der Waals surface area contributed by atoms with E-state index in [-0.39, 0.29) is 10.1 Å². The maximum atomic E-state index is 12.1. The highest BCUT2D eigenvalue weighted by Gasteiger charge is 2.17. The largest absolute Gasteiger partial charge is 0.355 e. The fraction of sp³-hybridized carbons (Fsp3) is 0.250. The van der Waals surface area contributed by atoms with E-state index < -0.39 is 22.0 Å². The van der Waals surface area contributed by atoms with Gasteiger partial charge in [-0.1, -0.05) is 6.07 Å². The van der Waals surface area contributed by atoms with E-state index in [1.54, 1.807) is 25.3 Å². The Kier molecular flexibility index (Phi) is 6.16. The van der Waals surface area contributed by atoms with Gasteiger partial charge < -0.3 is 10.6 Å². The molecular formula is C16H19N3O4S2. The van der Waals surface area contributed by atoms with Crippen molar-refractivity contribution in [3.8, 4) is 0 Å². The number of amides is 2. The van der Waals surface area contributed by atoms with Crippen LogP contribution in [0.2, 0.25) is 0 Å². The van der Waals surface area contributed by atoms with E-state index in [9.17, 15) is 18.0 Å². The quantitative estimate of drug-likeness (QED) is 0.680. The summed E-state index contributed by atoms with van der Waals surface area (Å²) < 4.78 is 26.9. The lowest BCUT2D eigenvalue weighted by Gasteiger charge is -2.13. The van der Waals surface area contributed by atoms with Gasteiger partial charge in [-0.3, -0.25) is 14.3 Å². The van der Waals surface area contributed by atoms with Crippen molar-refractivity contribution in [2.45, 2.75) is 24.1 Å². The molecule has 134 valence electrons. The zero-order valence-electron chi connectivity index (χ0n) is 13.8. The number of anilines is 1. The first-order valence-corrected chi connectivity index (χ1v) is 9.94. The molecule has 0 spiro atoms. The number of nitrogens with one attached hydrogen (secondary N) is 3. The molecule has 1 aromatic carbocycles. The molecule has 7 nitrogen and oxygen atoms in total. The van der Waals surface area contributed by atoms with Crippen molar-refractivity contribution in [3.05, 3.63) is 47.3 Å². The predicted octanol–water partition coefficient (Wildman–Crippen LogP) is 1.80. The van der Waals surface area contributed by atoms with E-state index in [4.69, 9.17) is 0 Å². The van der Waals surface area contributed by atoms with Gasteiger partial charge >= 0.3 is 0 Å². The molecule has 0 bridgehead atoms. The fourth-order valence-corrected chi connectivity index (χ4v) is 4.04. The Balaban J connectivity index is 2.02. The Bertz CT molecular complexity index is 831. The molecule has 0 aliphatic rings. The van der Waals surface area contributed by atoms with Crippen molar-refractivity contribution in [2.24, 2.45) is 0 Å². The monoisotopic (exact) mass is 381 g/mol. The number of hydrogen-bond acceptors (Lipinski definition) is 5. The average molecular weight is 381 g/mol. The van der Waals surface area contributed by atoms with Crippen molar-refractivity contribution < 1.29 is 18.0 Å². The van der Waals surface area contributed by atoms with Gasteiger partial charge in [-0.2, -0.15) is 0 Å². The van der Waals surface area contributed by atoms with Crippen LogP contribution in [0, 0.1) is 0 Å². The van der Waals surface area contributed by atoms with E-state index in [1.807, 2.05) is 0 Å². The van der Waals surface area contributed by atoms with Crippen LogP contribution < -0.4 is 15.4 Å².